The molecule has 8 N–H and O–H groups in total. The van der Waals surface area contributed by atoms with Crippen molar-refractivity contribution < 1.29 is 33.8 Å². The molecule has 4 aliphatic rings. The predicted octanol–water partition coefficient (Wildman–Crippen LogP) is 2.23. The third-order valence-corrected chi connectivity index (χ3v) is 12.0. The largest absolute Gasteiger partial charge is 0.508 e. The minimum atomic E-state index is -1.04. The van der Waals surface area contributed by atoms with Crippen LogP contribution in [0.3, 0.4) is 0 Å². The fraction of sp³-hybridized carbons (Fsp3) is 0.564. The molecule has 6 rings (SSSR count). The molecular weight excluding hydrogens is 683 g/mol. The van der Waals surface area contributed by atoms with E-state index in [9.17, 15) is 29.1 Å². The maximum absolute atomic E-state index is 14.7. The number of hydrogen-bond donors (Lipinski definition) is 6. The van der Waals surface area contributed by atoms with Crippen LogP contribution in [0.5, 0.6) is 5.75 Å². The van der Waals surface area contributed by atoms with Crippen LogP contribution in [0.4, 0.5) is 0 Å². The number of hydrogen-bond acceptors (Lipinski definition) is 10. The molecule has 0 saturated heterocycles. The number of rotatable bonds is 16. The van der Waals surface area contributed by atoms with E-state index in [1.54, 1.807) is 12.1 Å². The molecule has 4 aliphatic carbocycles. The van der Waals surface area contributed by atoms with Gasteiger partial charge in [-0.05, 0) is 123 Å². The average Bonchev–Trinajstić information content (AvgIpc) is 3.09. The lowest BCUT2D eigenvalue weighted by molar-refractivity contribution is -0.188. The molecule has 282 valence electrons. The first-order valence-electron chi connectivity index (χ1n) is 18.1. The molecule has 4 bridgehead atoms. The second-order valence-corrected chi connectivity index (χ2v) is 16.2. The standard InChI is InChI=1S/C39H53N5O7S/c1-22-12-27(45)13-23(2)28(22)16-29(40)35(48)44-30(10-11-52-4)36(49)42-21-32(46)43-31(15-24-8-6-5-7-9-24)33(47)34-38(37(50)51-3)17-25-14-26(18-38)20-39(34,41)19-25/h5-9,12-13,25-26,29-31,34,45H,10-11,14-21,40-41H2,1-4H3,(H,42,49)(H,43,46)(H,44,48)/t25?,26?,29?,30-,31+,34?,38?,39?/m1/s1. The van der Waals surface area contributed by atoms with E-state index in [0.717, 1.165) is 28.7 Å². The van der Waals surface area contributed by atoms with E-state index in [1.165, 1.54) is 18.9 Å². The molecular formula is C39H53N5O7S. The van der Waals surface area contributed by atoms with Crippen molar-refractivity contribution in [2.75, 3.05) is 25.7 Å². The van der Waals surface area contributed by atoms with Gasteiger partial charge in [0.1, 0.15) is 11.8 Å². The number of aryl methyl sites for hydroxylation is 2. The lowest BCUT2D eigenvalue weighted by Gasteiger charge is -2.63. The van der Waals surface area contributed by atoms with Crippen molar-refractivity contribution in [2.45, 2.75) is 88.9 Å². The first kappa shape index (κ1) is 39.3. The van der Waals surface area contributed by atoms with Crippen LogP contribution in [0.2, 0.25) is 0 Å². The predicted molar refractivity (Wildman–Crippen MR) is 199 cm³/mol. The summed E-state index contributed by atoms with van der Waals surface area (Å²) in [7, 11) is 1.34. The van der Waals surface area contributed by atoms with E-state index in [1.807, 2.05) is 50.4 Å². The number of aromatic hydroxyl groups is 1. The summed E-state index contributed by atoms with van der Waals surface area (Å²) in [5.41, 5.74) is 14.7. The molecule has 3 amide bonds. The number of carbonyl (C=O) groups excluding carboxylic acids is 5. The van der Waals surface area contributed by atoms with Crippen molar-refractivity contribution in [1.29, 1.82) is 0 Å². The highest BCUT2D eigenvalue weighted by atomic mass is 32.2. The van der Waals surface area contributed by atoms with Gasteiger partial charge >= 0.3 is 5.97 Å². The number of phenolic OH excluding ortho intramolecular Hbond substituents is 1. The summed E-state index contributed by atoms with van der Waals surface area (Å²) >= 11 is 1.51. The minimum Gasteiger partial charge on any atom is -0.508 e. The topological polar surface area (TPSA) is 203 Å². The Morgan fingerprint density at radius 1 is 0.942 bits per heavy atom. The van der Waals surface area contributed by atoms with Crippen molar-refractivity contribution in [3.8, 4) is 5.75 Å². The number of esters is 1. The van der Waals surface area contributed by atoms with Crippen LogP contribution in [-0.4, -0.2) is 83.9 Å². The highest BCUT2D eigenvalue weighted by Crippen LogP contribution is 2.64. The van der Waals surface area contributed by atoms with Gasteiger partial charge in [0.15, 0.2) is 5.78 Å². The second kappa shape index (κ2) is 16.4. The maximum Gasteiger partial charge on any atom is 0.312 e. The molecule has 2 aromatic rings. The average molecular weight is 736 g/mol. The molecule has 0 radical (unpaired) electrons. The van der Waals surface area contributed by atoms with Gasteiger partial charge < -0.3 is 37.3 Å². The first-order valence-corrected chi connectivity index (χ1v) is 19.4. The van der Waals surface area contributed by atoms with Crippen LogP contribution in [0.1, 0.15) is 60.8 Å². The summed E-state index contributed by atoms with van der Waals surface area (Å²) in [4.78, 5) is 68.3. The van der Waals surface area contributed by atoms with Crippen LogP contribution >= 0.6 is 11.8 Å². The number of Topliss-reactive ketones (excluding diaryl/α,β-unsaturated/α-hetero) is 1. The Balaban J connectivity index is 1.28. The molecule has 12 nitrogen and oxygen atoms in total. The summed E-state index contributed by atoms with van der Waals surface area (Å²) in [5, 5.41) is 18.1. The van der Waals surface area contributed by atoms with Gasteiger partial charge in [0, 0.05) is 5.54 Å². The number of carbonyl (C=O) groups is 5. The Kier molecular flexibility index (Phi) is 12.4. The minimum absolute atomic E-state index is 0.131. The Labute approximate surface area is 309 Å². The molecule has 0 aliphatic heterocycles. The smallest absolute Gasteiger partial charge is 0.312 e. The Morgan fingerprint density at radius 3 is 2.17 bits per heavy atom. The van der Waals surface area contributed by atoms with Crippen molar-refractivity contribution >= 4 is 41.2 Å². The van der Waals surface area contributed by atoms with E-state index >= 15 is 0 Å². The van der Waals surface area contributed by atoms with Gasteiger partial charge in [-0.1, -0.05) is 30.3 Å². The van der Waals surface area contributed by atoms with Gasteiger partial charge in [-0.2, -0.15) is 11.8 Å². The van der Waals surface area contributed by atoms with E-state index < -0.39 is 65.2 Å². The number of nitrogens with two attached hydrogens (primary N) is 2. The fourth-order valence-corrected chi connectivity index (χ4v) is 9.96. The number of benzene rings is 2. The van der Waals surface area contributed by atoms with E-state index in [2.05, 4.69) is 16.0 Å². The SMILES string of the molecule is COC(=O)C12CC3CC(CC(N)(C3)C1C(=O)[C@H](Cc1ccccc1)NC(=O)CNC(=O)[C@@H](CCSC)NC(=O)C(N)Cc1c(C)cc(O)cc1C)C2. The molecule has 2 aromatic carbocycles. The number of ether oxygens (including phenoxy) is 1. The quantitative estimate of drug-likeness (QED) is 0.139. The molecule has 4 unspecified atom stereocenters. The summed E-state index contributed by atoms with van der Waals surface area (Å²) in [6.45, 7) is 3.23. The molecule has 13 heteroatoms. The molecule has 6 atom stereocenters. The van der Waals surface area contributed by atoms with Gasteiger partial charge in [0.05, 0.1) is 37.1 Å². The highest BCUT2D eigenvalue weighted by molar-refractivity contribution is 7.98. The lowest BCUT2D eigenvalue weighted by Crippen LogP contribution is -2.72. The van der Waals surface area contributed by atoms with Crippen molar-refractivity contribution in [3.63, 3.8) is 0 Å². The van der Waals surface area contributed by atoms with Gasteiger partial charge in [0.2, 0.25) is 17.7 Å². The third-order valence-electron chi connectivity index (χ3n) is 11.4. The number of methoxy groups -OCH3 is 1. The molecule has 0 spiro atoms. The number of ketones is 1. The third kappa shape index (κ3) is 8.47. The Hall–Kier alpha value is -3.94. The van der Waals surface area contributed by atoms with Gasteiger partial charge in [0.25, 0.3) is 0 Å². The lowest BCUT2D eigenvalue weighted by atomic mass is 9.41. The van der Waals surface area contributed by atoms with Crippen molar-refractivity contribution in [2.24, 2.45) is 34.6 Å². The normalized spacial score (nSPS) is 26.2. The van der Waals surface area contributed by atoms with Crippen LogP contribution in [-0.2, 0) is 41.6 Å². The van der Waals surface area contributed by atoms with Gasteiger partial charge in [-0.15, -0.1) is 0 Å². The number of phenols is 1. The summed E-state index contributed by atoms with van der Waals surface area (Å²) in [6, 6.07) is 9.61. The number of thioether (sulfide) groups is 1. The molecule has 0 heterocycles. The first-order chi connectivity index (χ1) is 24.7. The van der Waals surface area contributed by atoms with Crippen LogP contribution in [0, 0.1) is 37.0 Å². The zero-order chi connectivity index (χ0) is 37.8. The van der Waals surface area contributed by atoms with Gasteiger partial charge in [-0.25, -0.2) is 0 Å². The Morgan fingerprint density at radius 2 is 1.58 bits per heavy atom. The molecule has 0 aromatic heterocycles. The molecule has 4 fully saturated rings. The Bertz CT molecular complexity index is 1630. The molecule has 52 heavy (non-hydrogen) atoms. The highest BCUT2D eigenvalue weighted by Gasteiger charge is 2.68. The van der Waals surface area contributed by atoms with Crippen LogP contribution in [0.15, 0.2) is 42.5 Å². The van der Waals surface area contributed by atoms with E-state index in [-0.39, 0.29) is 36.2 Å². The monoisotopic (exact) mass is 735 g/mol. The zero-order valence-corrected chi connectivity index (χ0v) is 31.4. The number of amides is 3. The van der Waals surface area contributed by atoms with Crippen LogP contribution < -0.4 is 27.4 Å². The summed E-state index contributed by atoms with van der Waals surface area (Å²) < 4.78 is 5.31. The van der Waals surface area contributed by atoms with Gasteiger partial charge in [-0.3, -0.25) is 24.0 Å². The van der Waals surface area contributed by atoms with E-state index in [4.69, 9.17) is 16.2 Å². The summed E-state index contributed by atoms with van der Waals surface area (Å²) in [6.07, 6.45) is 5.92. The van der Waals surface area contributed by atoms with E-state index in [0.29, 0.717) is 37.9 Å². The van der Waals surface area contributed by atoms with Crippen LogP contribution in [0.25, 0.3) is 0 Å². The fourth-order valence-electron chi connectivity index (χ4n) is 9.48. The maximum atomic E-state index is 14.7. The number of nitrogens with one attached hydrogen (secondary N) is 3. The second-order valence-electron chi connectivity index (χ2n) is 15.2. The van der Waals surface area contributed by atoms with Crippen molar-refractivity contribution in [3.05, 3.63) is 64.7 Å². The molecule has 4 saturated carbocycles. The summed E-state index contributed by atoms with van der Waals surface area (Å²) in [5.74, 6) is -2.02. The zero-order valence-electron chi connectivity index (χ0n) is 30.5. The van der Waals surface area contributed by atoms with Crippen molar-refractivity contribution in [1.82, 2.24) is 16.0 Å².